The number of anilines is 1. The van der Waals surface area contributed by atoms with Gasteiger partial charge in [-0.2, -0.15) is 0 Å². The van der Waals surface area contributed by atoms with Crippen LogP contribution in [0.1, 0.15) is 53.7 Å². The van der Waals surface area contributed by atoms with Crippen LogP contribution < -0.4 is 10.6 Å². The van der Waals surface area contributed by atoms with E-state index in [1.807, 2.05) is 32.1 Å². The van der Waals surface area contributed by atoms with E-state index in [4.69, 9.17) is 9.51 Å². The van der Waals surface area contributed by atoms with Gasteiger partial charge >= 0.3 is 0 Å². The van der Waals surface area contributed by atoms with Crippen molar-refractivity contribution in [2.75, 3.05) is 18.4 Å². The van der Waals surface area contributed by atoms with Gasteiger partial charge < -0.3 is 15.2 Å². The van der Waals surface area contributed by atoms with Crippen LogP contribution in [0.25, 0.3) is 16.8 Å². The number of aryl methyl sites for hydroxylation is 2. The summed E-state index contributed by atoms with van der Waals surface area (Å²) < 4.78 is 34.3. The van der Waals surface area contributed by atoms with Crippen molar-refractivity contribution in [2.45, 2.75) is 52.0 Å². The summed E-state index contributed by atoms with van der Waals surface area (Å²) >= 11 is 0. The van der Waals surface area contributed by atoms with Gasteiger partial charge in [0.25, 0.3) is 5.92 Å². The minimum absolute atomic E-state index is 0.170. The van der Waals surface area contributed by atoms with Crippen LogP contribution >= 0.6 is 0 Å². The van der Waals surface area contributed by atoms with E-state index in [1.165, 1.54) is 6.20 Å². The highest BCUT2D eigenvalue weighted by atomic mass is 19.3. The summed E-state index contributed by atoms with van der Waals surface area (Å²) in [7, 11) is 0. The SMILES string of the molecule is Cc1noc(C)c1-c1ccc2c(n1)CC=C2c1nc(N[C@H]2CCCNC2)ncc1C(C)(F)F. The maximum absolute atomic E-state index is 14.5. The molecule has 0 amide bonds. The Hall–Kier alpha value is -3.20. The average Bonchev–Trinajstić information content (AvgIpc) is 3.35. The lowest BCUT2D eigenvalue weighted by molar-refractivity contribution is 0.0165. The van der Waals surface area contributed by atoms with E-state index in [0.29, 0.717) is 23.7 Å². The Morgan fingerprint density at radius 3 is 2.76 bits per heavy atom. The molecule has 5 rings (SSSR count). The molecule has 2 N–H and O–H groups in total. The topological polar surface area (TPSA) is 88.8 Å². The minimum atomic E-state index is -3.08. The monoisotopic (exact) mass is 452 g/mol. The number of piperidine rings is 1. The number of fused-ring (bicyclic) bond motifs is 1. The smallest absolute Gasteiger partial charge is 0.274 e. The van der Waals surface area contributed by atoms with E-state index in [0.717, 1.165) is 61.1 Å². The molecule has 0 bridgehead atoms. The first-order chi connectivity index (χ1) is 15.8. The molecule has 1 atom stereocenters. The average molecular weight is 453 g/mol. The van der Waals surface area contributed by atoms with Crippen LogP contribution in [0.2, 0.25) is 0 Å². The van der Waals surface area contributed by atoms with Crippen molar-refractivity contribution in [3.8, 4) is 11.3 Å². The van der Waals surface area contributed by atoms with Gasteiger partial charge in [-0.3, -0.25) is 4.98 Å². The number of aromatic nitrogens is 4. The lowest BCUT2D eigenvalue weighted by Gasteiger charge is -2.24. The van der Waals surface area contributed by atoms with Gasteiger partial charge in [0.05, 0.1) is 33.9 Å². The largest absolute Gasteiger partial charge is 0.361 e. The first-order valence-corrected chi connectivity index (χ1v) is 11.2. The fraction of sp³-hybridized carbons (Fsp3) is 0.417. The number of nitrogens with one attached hydrogen (secondary N) is 2. The Labute approximate surface area is 190 Å². The predicted molar refractivity (Wildman–Crippen MR) is 121 cm³/mol. The maximum Gasteiger partial charge on any atom is 0.274 e. The van der Waals surface area contributed by atoms with Gasteiger partial charge in [-0.05, 0) is 39.3 Å². The van der Waals surface area contributed by atoms with Gasteiger partial charge in [0.15, 0.2) is 0 Å². The van der Waals surface area contributed by atoms with Crippen LogP contribution in [-0.4, -0.2) is 39.2 Å². The van der Waals surface area contributed by atoms with Crippen LogP contribution in [-0.2, 0) is 12.3 Å². The summed E-state index contributed by atoms with van der Waals surface area (Å²) in [6, 6.07) is 3.96. The van der Waals surface area contributed by atoms with E-state index in [-0.39, 0.29) is 17.3 Å². The number of alkyl halides is 2. The zero-order valence-corrected chi connectivity index (χ0v) is 18.9. The second kappa shape index (κ2) is 8.30. The second-order valence-corrected chi connectivity index (χ2v) is 8.74. The lowest BCUT2D eigenvalue weighted by atomic mass is 9.99. The predicted octanol–water partition coefficient (Wildman–Crippen LogP) is 4.41. The zero-order valence-electron chi connectivity index (χ0n) is 18.9. The van der Waals surface area contributed by atoms with Crippen LogP contribution in [0.3, 0.4) is 0 Å². The Bertz CT molecular complexity index is 1200. The van der Waals surface area contributed by atoms with Gasteiger partial charge in [-0.15, -0.1) is 0 Å². The Morgan fingerprint density at radius 2 is 2.06 bits per heavy atom. The number of nitrogens with zero attached hydrogens (tertiary/aromatic N) is 4. The normalized spacial score (nSPS) is 18.2. The number of pyridine rings is 1. The van der Waals surface area contributed by atoms with E-state index in [1.54, 1.807) is 0 Å². The molecule has 0 saturated carbocycles. The van der Waals surface area contributed by atoms with Crippen molar-refractivity contribution in [1.29, 1.82) is 0 Å². The summed E-state index contributed by atoms with van der Waals surface area (Å²) in [4.78, 5) is 13.6. The van der Waals surface area contributed by atoms with Gasteiger partial charge in [-0.25, -0.2) is 18.7 Å². The molecular formula is C24H26F2N6O. The third-order valence-electron chi connectivity index (χ3n) is 6.20. The second-order valence-electron chi connectivity index (χ2n) is 8.74. The van der Waals surface area contributed by atoms with Crippen LogP contribution in [0, 0.1) is 13.8 Å². The summed E-state index contributed by atoms with van der Waals surface area (Å²) in [5, 5.41) is 10.6. The molecule has 2 aliphatic rings. The Balaban J connectivity index is 1.52. The molecule has 7 nitrogen and oxygen atoms in total. The van der Waals surface area contributed by atoms with Crippen LogP contribution in [0.15, 0.2) is 28.9 Å². The molecule has 1 saturated heterocycles. The molecule has 1 fully saturated rings. The molecule has 3 aromatic heterocycles. The van der Waals surface area contributed by atoms with Crippen molar-refractivity contribution in [2.24, 2.45) is 0 Å². The van der Waals surface area contributed by atoms with Crippen LogP contribution in [0.4, 0.5) is 14.7 Å². The number of rotatable bonds is 5. The maximum atomic E-state index is 14.5. The first kappa shape index (κ1) is 21.6. The highest BCUT2D eigenvalue weighted by molar-refractivity contribution is 5.85. The summed E-state index contributed by atoms with van der Waals surface area (Å²) in [6.07, 6.45) is 5.73. The van der Waals surface area contributed by atoms with Crippen molar-refractivity contribution in [3.63, 3.8) is 0 Å². The molecule has 0 spiro atoms. The molecule has 1 aliphatic carbocycles. The standard InChI is InChI=1S/C24H26F2N6O/c1-13-21(14(2)33-32-13)20-9-6-16-17(7-8-19(16)30-20)22-18(24(3,25)26)12-28-23(31-22)29-15-5-4-10-27-11-15/h6-7,9,12,15,27H,4-5,8,10-11H2,1-3H3,(H,28,29,31)/t15-/m0/s1. The molecule has 0 radical (unpaired) electrons. The summed E-state index contributed by atoms with van der Waals surface area (Å²) in [5.74, 6) is -2.02. The van der Waals surface area contributed by atoms with E-state index in [2.05, 4.69) is 25.8 Å². The fourth-order valence-corrected chi connectivity index (χ4v) is 4.56. The van der Waals surface area contributed by atoms with E-state index >= 15 is 0 Å². The Kier molecular flexibility index (Phi) is 5.44. The van der Waals surface area contributed by atoms with Gasteiger partial charge in [0.2, 0.25) is 5.95 Å². The van der Waals surface area contributed by atoms with Crippen molar-refractivity contribution in [3.05, 3.63) is 58.4 Å². The quantitative estimate of drug-likeness (QED) is 0.593. The highest BCUT2D eigenvalue weighted by Gasteiger charge is 2.33. The number of allylic oxidation sites excluding steroid dienone is 1. The molecule has 0 aromatic carbocycles. The van der Waals surface area contributed by atoms with Crippen molar-refractivity contribution in [1.82, 2.24) is 25.4 Å². The van der Waals surface area contributed by atoms with Crippen molar-refractivity contribution >= 4 is 11.5 Å². The third kappa shape index (κ3) is 4.13. The summed E-state index contributed by atoms with van der Waals surface area (Å²) in [6.45, 7) is 6.38. The fourth-order valence-electron chi connectivity index (χ4n) is 4.56. The number of hydrogen-bond donors (Lipinski definition) is 2. The molecular weight excluding hydrogens is 426 g/mol. The lowest BCUT2D eigenvalue weighted by Crippen LogP contribution is -2.38. The van der Waals surface area contributed by atoms with Gasteiger partial charge in [0, 0.05) is 43.3 Å². The zero-order chi connectivity index (χ0) is 23.2. The van der Waals surface area contributed by atoms with E-state index in [9.17, 15) is 8.78 Å². The van der Waals surface area contributed by atoms with Crippen molar-refractivity contribution < 1.29 is 13.3 Å². The van der Waals surface area contributed by atoms with Gasteiger partial charge in [0.1, 0.15) is 5.76 Å². The van der Waals surface area contributed by atoms with Gasteiger partial charge in [-0.1, -0.05) is 17.3 Å². The molecule has 1 aliphatic heterocycles. The molecule has 0 unspecified atom stereocenters. The van der Waals surface area contributed by atoms with Crippen LogP contribution in [0.5, 0.6) is 0 Å². The number of hydrogen-bond acceptors (Lipinski definition) is 7. The molecule has 33 heavy (non-hydrogen) atoms. The molecule has 3 aromatic rings. The minimum Gasteiger partial charge on any atom is -0.361 e. The highest BCUT2D eigenvalue weighted by Crippen LogP contribution is 2.39. The number of halogens is 2. The third-order valence-corrected chi connectivity index (χ3v) is 6.20. The van der Waals surface area contributed by atoms with E-state index < -0.39 is 5.92 Å². The molecule has 172 valence electrons. The first-order valence-electron chi connectivity index (χ1n) is 11.2. The Morgan fingerprint density at radius 1 is 1.21 bits per heavy atom. The summed E-state index contributed by atoms with van der Waals surface area (Å²) in [5.41, 5.74) is 4.72. The molecule has 4 heterocycles. The molecule has 9 heteroatoms.